The van der Waals surface area contributed by atoms with Crippen molar-refractivity contribution in [1.29, 1.82) is 0 Å². The molecule has 1 heterocycles. The summed E-state index contributed by atoms with van der Waals surface area (Å²) < 4.78 is 0. The molecule has 0 saturated carbocycles. The van der Waals surface area contributed by atoms with Crippen molar-refractivity contribution >= 4 is 5.69 Å². The van der Waals surface area contributed by atoms with E-state index in [0.717, 1.165) is 24.1 Å². The molecule has 1 aromatic carbocycles. The summed E-state index contributed by atoms with van der Waals surface area (Å²) in [4.78, 5) is 10.4. The summed E-state index contributed by atoms with van der Waals surface area (Å²) in [5.41, 5.74) is 1.96. The van der Waals surface area contributed by atoms with Gasteiger partial charge < -0.3 is 5.32 Å². The normalized spacial score (nSPS) is 20.2. The van der Waals surface area contributed by atoms with Gasteiger partial charge in [-0.2, -0.15) is 0 Å². The molecule has 0 spiro atoms. The molecule has 0 unspecified atom stereocenters. The van der Waals surface area contributed by atoms with Gasteiger partial charge in [0.25, 0.3) is 5.69 Å². The first kappa shape index (κ1) is 9.15. The molecule has 74 valence electrons. The van der Waals surface area contributed by atoms with E-state index in [1.54, 1.807) is 13.0 Å². The summed E-state index contributed by atoms with van der Waals surface area (Å²) in [6, 6.07) is 5.76. The van der Waals surface area contributed by atoms with Crippen molar-refractivity contribution in [2.45, 2.75) is 19.4 Å². The second kappa shape index (κ2) is 3.38. The van der Waals surface area contributed by atoms with E-state index in [4.69, 9.17) is 0 Å². The van der Waals surface area contributed by atoms with E-state index >= 15 is 0 Å². The fourth-order valence-corrected chi connectivity index (χ4v) is 1.61. The first-order valence-electron chi connectivity index (χ1n) is 4.67. The highest BCUT2D eigenvalue weighted by Crippen LogP contribution is 2.27. The first-order valence-corrected chi connectivity index (χ1v) is 4.67. The van der Waals surface area contributed by atoms with Crippen LogP contribution in [0.2, 0.25) is 0 Å². The molecule has 0 radical (unpaired) electrons. The standard InChI is InChI=1S/C10H12N2O2/c1-7-2-3-8(9-4-5-11-9)6-10(7)12(13)14/h2-3,6,9,11H,4-5H2,1H3/t9-/m0/s1. The fraction of sp³-hybridized carbons (Fsp3) is 0.400. The van der Waals surface area contributed by atoms with Crippen LogP contribution in [0, 0.1) is 17.0 Å². The molecule has 1 N–H and O–H groups in total. The van der Waals surface area contributed by atoms with Crippen molar-refractivity contribution in [3.05, 3.63) is 39.4 Å². The number of rotatable bonds is 2. The molecule has 4 nitrogen and oxygen atoms in total. The molecule has 1 aliphatic rings. The average Bonchev–Trinajstić information content (AvgIpc) is 2.04. The molecule has 14 heavy (non-hydrogen) atoms. The van der Waals surface area contributed by atoms with Crippen LogP contribution >= 0.6 is 0 Å². The van der Waals surface area contributed by atoms with Crippen LogP contribution in [-0.2, 0) is 0 Å². The van der Waals surface area contributed by atoms with Crippen LogP contribution in [0.5, 0.6) is 0 Å². The fourth-order valence-electron chi connectivity index (χ4n) is 1.61. The maximum absolute atomic E-state index is 10.7. The Morgan fingerprint density at radius 3 is 2.79 bits per heavy atom. The van der Waals surface area contributed by atoms with Crippen LogP contribution in [0.4, 0.5) is 5.69 Å². The lowest BCUT2D eigenvalue weighted by Crippen LogP contribution is -2.34. The van der Waals surface area contributed by atoms with Crippen molar-refractivity contribution in [1.82, 2.24) is 5.32 Å². The van der Waals surface area contributed by atoms with Crippen LogP contribution in [0.25, 0.3) is 0 Å². The van der Waals surface area contributed by atoms with Crippen LogP contribution in [0.3, 0.4) is 0 Å². The number of nitrogens with zero attached hydrogens (tertiary/aromatic N) is 1. The minimum absolute atomic E-state index is 0.219. The van der Waals surface area contributed by atoms with E-state index in [9.17, 15) is 10.1 Å². The van der Waals surface area contributed by atoms with Gasteiger partial charge in [0.05, 0.1) is 4.92 Å². The average molecular weight is 192 g/mol. The van der Waals surface area contributed by atoms with Crippen molar-refractivity contribution in [2.75, 3.05) is 6.54 Å². The summed E-state index contributed by atoms with van der Waals surface area (Å²) in [7, 11) is 0. The molecule has 0 bridgehead atoms. The van der Waals surface area contributed by atoms with Gasteiger partial charge in [-0.3, -0.25) is 10.1 Å². The summed E-state index contributed by atoms with van der Waals surface area (Å²) in [5, 5.41) is 13.9. The van der Waals surface area contributed by atoms with E-state index in [-0.39, 0.29) is 10.6 Å². The van der Waals surface area contributed by atoms with Crippen molar-refractivity contribution in [2.24, 2.45) is 0 Å². The molecule has 0 aliphatic carbocycles. The summed E-state index contributed by atoms with van der Waals surface area (Å²) in [6.07, 6.45) is 1.07. The molecule has 1 fully saturated rings. The number of nitrogens with one attached hydrogen (secondary N) is 1. The molecular formula is C10H12N2O2. The molecule has 1 aliphatic heterocycles. The van der Waals surface area contributed by atoms with Gasteiger partial charge in [0.15, 0.2) is 0 Å². The summed E-state index contributed by atoms with van der Waals surface area (Å²) in [6.45, 7) is 2.77. The van der Waals surface area contributed by atoms with Gasteiger partial charge in [0, 0.05) is 17.7 Å². The number of nitro groups is 1. The largest absolute Gasteiger partial charge is 0.310 e. The zero-order valence-corrected chi connectivity index (χ0v) is 7.99. The number of hydrogen-bond acceptors (Lipinski definition) is 3. The third-order valence-corrected chi connectivity index (χ3v) is 2.66. The molecule has 1 saturated heterocycles. The lowest BCUT2D eigenvalue weighted by atomic mass is 9.96. The third-order valence-electron chi connectivity index (χ3n) is 2.66. The minimum atomic E-state index is -0.322. The van der Waals surface area contributed by atoms with E-state index in [1.807, 2.05) is 12.1 Å². The maximum Gasteiger partial charge on any atom is 0.272 e. The van der Waals surface area contributed by atoms with E-state index < -0.39 is 0 Å². The van der Waals surface area contributed by atoms with Gasteiger partial charge in [-0.25, -0.2) is 0 Å². The predicted molar refractivity (Wildman–Crippen MR) is 53.2 cm³/mol. The Morgan fingerprint density at radius 2 is 2.29 bits per heavy atom. The van der Waals surface area contributed by atoms with Crippen LogP contribution in [0.1, 0.15) is 23.6 Å². The highest BCUT2D eigenvalue weighted by atomic mass is 16.6. The molecule has 0 amide bonds. The Hall–Kier alpha value is -1.42. The van der Waals surface area contributed by atoms with Gasteiger partial charge in [-0.05, 0) is 25.5 Å². The quantitative estimate of drug-likeness (QED) is 0.575. The van der Waals surface area contributed by atoms with Crippen LogP contribution < -0.4 is 5.32 Å². The molecule has 1 atom stereocenters. The third kappa shape index (κ3) is 1.48. The Balaban J connectivity index is 2.34. The van der Waals surface area contributed by atoms with Crippen molar-refractivity contribution in [3.8, 4) is 0 Å². The predicted octanol–water partition coefficient (Wildman–Crippen LogP) is 1.94. The smallest absolute Gasteiger partial charge is 0.272 e. The number of hydrogen-bond donors (Lipinski definition) is 1. The van der Waals surface area contributed by atoms with Crippen LogP contribution in [-0.4, -0.2) is 11.5 Å². The van der Waals surface area contributed by atoms with Gasteiger partial charge in [0.1, 0.15) is 0 Å². The lowest BCUT2D eigenvalue weighted by molar-refractivity contribution is -0.385. The number of benzene rings is 1. The summed E-state index contributed by atoms with van der Waals surface area (Å²) >= 11 is 0. The van der Waals surface area contributed by atoms with Gasteiger partial charge in [-0.1, -0.05) is 12.1 Å². The second-order valence-corrected chi connectivity index (χ2v) is 3.60. The maximum atomic E-state index is 10.7. The van der Waals surface area contributed by atoms with Crippen molar-refractivity contribution in [3.63, 3.8) is 0 Å². The summed E-state index contributed by atoms with van der Waals surface area (Å²) in [5.74, 6) is 0. The van der Waals surface area contributed by atoms with Gasteiger partial charge >= 0.3 is 0 Å². The molecule has 2 rings (SSSR count). The van der Waals surface area contributed by atoms with Gasteiger partial charge in [0.2, 0.25) is 0 Å². The van der Waals surface area contributed by atoms with Crippen molar-refractivity contribution < 1.29 is 4.92 Å². The monoisotopic (exact) mass is 192 g/mol. The Bertz CT molecular complexity index is 372. The number of aryl methyl sites for hydroxylation is 1. The molecule has 0 aromatic heterocycles. The highest BCUT2D eigenvalue weighted by molar-refractivity contribution is 5.43. The topological polar surface area (TPSA) is 55.2 Å². The van der Waals surface area contributed by atoms with E-state index in [1.165, 1.54) is 0 Å². The molecule has 4 heteroatoms. The first-order chi connectivity index (χ1) is 6.68. The van der Waals surface area contributed by atoms with E-state index in [0.29, 0.717) is 6.04 Å². The highest BCUT2D eigenvalue weighted by Gasteiger charge is 2.21. The molecule has 1 aromatic rings. The lowest BCUT2D eigenvalue weighted by Gasteiger charge is -2.27. The van der Waals surface area contributed by atoms with E-state index in [2.05, 4.69) is 5.32 Å². The second-order valence-electron chi connectivity index (χ2n) is 3.60. The zero-order valence-electron chi connectivity index (χ0n) is 7.99. The van der Waals surface area contributed by atoms with Crippen LogP contribution in [0.15, 0.2) is 18.2 Å². The Morgan fingerprint density at radius 1 is 1.57 bits per heavy atom. The SMILES string of the molecule is Cc1ccc([C@@H]2CCN2)cc1[N+](=O)[O-]. The van der Waals surface area contributed by atoms with Gasteiger partial charge in [-0.15, -0.1) is 0 Å². The minimum Gasteiger partial charge on any atom is -0.310 e. The Kier molecular flexibility index (Phi) is 2.21. The Labute approximate surface area is 82.1 Å². The zero-order chi connectivity index (χ0) is 10.1. The number of nitro benzene ring substituents is 1. The molecular weight excluding hydrogens is 180 g/mol.